The van der Waals surface area contributed by atoms with Gasteiger partial charge in [0.1, 0.15) is 11.5 Å². The van der Waals surface area contributed by atoms with Gasteiger partial charge in [0.25, 0.3) is 0 Å². The topological polar surface area (TPSA) is 57.1 Å². The number of carbonyl (C=O) groups excluding carboxylic acids is 1. The standard InChI is InChI=1S/C22H23NO4/c1-22(2,3)16-8-6-15(7-9-16)20-23-19(21(24)27-20)12-14-10-17(25-4)13-18(11-14)26-5/h6-13H,1-5H3/b19-12+. The number of hydrogen-bond acceptors (Lipinski definition) is 5. The molecule has 0 radical (unpaired) electrons. The number of rotatable bonds is 4. The molecule has 5 nitrogen and oxygen atoms in total. The molecule has 0 unspecified atom stereocenters. The minimum Gasteiger partial charge on any atom is -0.497 e. The van der Waals surface area contributed by atoms with Crippen LogP contribution in [0.3, 0.4) is 0 Å². The summed E-state index contributed by atoms with van der Waals surface area (Å²) >= 11 is 0. The van der Waals surface area contributed by atoms with Gasteiger partial charge in [0, 0.05) is 11.6 Å². The smallest absolute Gasteiger partial charge is 0.363 e. The summed E-state index contributed by atoms with van der Waals surface area (Å²) in [7, 11) is 3.15. The molecular weight excluding hydrogens is 342 g/mol. The molecule has 0 amide bonds. The molecule has 0 fully saturated rings. The highest BCUT2D eigenvalue weighted by Crippen LogP contribution is 2.27. The van der Waals surface area contributed by atoms with E-state index in [1.807, 2.05) is 24.3 Å². The largest absolute Gasteiger partial charge is 0.497 e. The average Bonchev–Trinajstić information content (AvgIpc) is 3.01. The lowest BCUT2D eigenvalue weighted by molar-refractivity contribution is -0.129. The van der Waals surface area contributed by atoms with Crippen LogP contribution in [0.4, 0.5) is 0 Å². The summed E-state index contributed by atoms with van der Waals surface area (Å²) in [6.07, 6.45) is 1.66. The van der Waals surface area contributed by atoms with Crippen molar-refractivity contribution < 1.29 is 19.0 Å². The van der Waals surface area contributed by atoms with Gasteiger partial charge in [-0.1, -0.05) is 32.9 Å². The van der Waals surface area contributed by atoms with Crippen LogP contribution in [-0.2, 0) is 14.9 Å². The third-order valence-corrected chi connectivity index (χ3v) is 4.30. The van der Waals surface area contributed by atoms with E-state index in [0.29, 0.717) is 17.4 Å². The SMILES string of the molecule is COc1cc(/C=C2/N=C(c3ccc(C(C)(C)C)cc3)OC2=O)cc(OC)c1. The quantitative estimate of drug-likeness (QED) is 0.597. The summed E-state index contributed by atoms with van der Waals surface area (Å²) in [5.74, 6) is 1.09. The zero-order valence-corrected chi connectivity index (χ0v) is 16.2. The first-order valence-corrected chi connectivity index (χ1v) is 8.67. The van der Waals surface area contributed by atoms with Crippen molar-refractivity contribution >= 4 is 17.9 Å². The third-order valence-electron chi connectivity index (χ3n) is 4.30. The first kappa shape index (κ1) is 18.7. The van der Waals surface area contributed by atoms with Crippen LogP contribution < -0.4 is 9.47 Å². The molecule has 0 aliphatic carbocycles. The van der Waals surface area contributed by atoms with Crippen molar-refractivity contribution in [2.75, 3.05) is 14.2 Å². The molecular formula is C22H23NO4. The second-order valence-electron chi connectivity index (χ2n) is 7.31. The highest BCUT2D eigenvalue weighted by molar-refractivity contribution is 6.12. The molecule has 0 bridgehead atoms. The first-order chi connectivity index (χ1) is 12.8. The molecule has 0 N–H and O–H groups in total. The van der Waals surface area contributed by atoms with Gasteiger partial charge < -0.3 is 14.2 Å². The van der Waals surface area contributed by atoms with Gasteiger partial charge in [-0.25, -0.2) is 9.79 Å². The van der Waals surface area contributed by atoms with Crippen LogP contribution in [0.25, 0.3) is 6.08 Å². The normalized spacial score (nSPS) is 15.5. The maximum Gasteiger partial charge on any atom is 0.363 e. The van der Waals surface area contributed by atoms with E-state index in [4.69, 9.17) is 14.2 Å². The Morgan fingerprint density at radius 2 is 1.56 bits per heavy atom. The predicted molar refractivity (Wildman–Crippen MR) is 105 cm³/mol. The lowest BCUT2D eigenvalue weighted by Crippen LogP contribution is -2.11. The number of benzene rings is 2. The number of cyclic esters (lactones) is 1. The van der Waals surface area contributed by atoms with Crippen LogP contribution >= 0.6 is 0 Å². The van der Waals surface area contributed by atoms with E-state index >= 15 is 0 Å². The molecule has 0 atom stereocenters. The van der Waals surface area contributed by atoms with Crippen molar-refractivity contribution in [2.24, 2.45) is 4.99 Å². The van der Waals surface area contributed by atoms with Crippen molar-refractivity contribution in [3.8, 4) is 11.5 Å². The Hall–Kier alpha value is -3.08. The van der Waals surface area contributed by atoms with Gasteiger partial charge in [0.15, 0.2) is 5.70 Å². The molecule has 140 valence electrons. The summed E-state index contributed by atoms with van der Waals surface area (Å²) in [6.45, 7) is 6.45. The lowest BCUT2D eigenvalue weighted by atomic mass is 9.87. The van der Waals surface area contributed by atoms with Crippen LogP contribution in [0, 0.1) is 0 Å². The Bertz CT molecular complexity index is 896. The van der Waals surface area contributed by atoms with Crippen molar-refractivity contribution in [2.45, 2.75) is 26.2 Å². The van der Waals surface area contributed by atoms with E-state index in [2.05, 4.69) is 25.8 Å². The fraction of sp³-hybridized carbons (Fsp3) is 0.273. The molecule has 0 saturated carbocycles. The minimum atomic E-state index is -0.480. The molecule has 0 aromatic heterocycles. The maximum absolute atomic E-state index is 12.2. The number of aliphatic imine (C=N–C) groups is 1. The zero-order valence-electron chi connectivity index (χ0n) is 16.2. The molecule has 1 aliphatic heterocycles. The van der Waals surface area contributed by atoms with Gasteiger partial charge in [0.2, 0.25) is 5.90 Å². The molecule has 1 heterocycles. The summed E-state index contributed by atoms with van der Waals surface area (Å²) in [5.41, 5.74) is 3.01. The van der Waals surface area contributed by atoms with Gasteiger partial charge in [-0.05, 0) is 46.9 Å². The summed E-state index contributed by atoms with van der Waals surface area (Å²) in [6, 6.07) is 13.3. The minimum absolute atomic E-state index is 0.0587. The van der Waals surface area contributed by atoms with E-state index in [1.165, 1.54) is 5.56 Å². The van der Waals surface area contributed by atoms with Crippen molar-refractivity contribution in [3.05, 3.63) is 64.9 Å². The average molecular weight is 365 g/mol. The van der Waals surface area contributed by atoms with E-state index in [9.17, 15) is 4.79 Å². The third kappa shape index (κ3) is 4.19. The van der Waals surface area contributed by atoms with Crippen LogP contribution in [0.15, 0.2) is 53.2 Å². The zero-order chi connectivity index (χ0) is 19.6. The number of hydrogen-bond donors (Lipinski definition) is 0. The molecule has 2 aromatic rings. The van der Waals surface area contributed by atoms with Gasteiger partial charge in [-0.15, -0.1) is 0 Å². The van der Waals surface area contributed by atoms with Crippen LogP contribution in [0.2, 0.25) is 0 Å². The van der Waals surface area contributed by atoms with Gasteiger partial charge in [-0.3, -0.25) is 0 Å². The molecule has 5 heteroatoms. The second kappa shape index (κ2) is 7.27. The molecule has 0 saturated heterocycles. The predicted octanol–water partition coefficient (Wildman–Crippen LogP) is 4.35. The summed E-state index contributed by atoms with van der Waals surface area (Å²) < 4.78 is 15.9. The van der Waals surface area contributed by atoms with E-state index in [1.54, 1.807) is 38.5 Å². The maximum atomic E-state index is 12.2. The van der Waals surface area contributed by atoms with Gasteiger partial charge in [-0.2, -0.15) is 0 Å². The number of methoxy groups -OCH3 is 2. The monoisotopic (exact) mass is 365 g/mol. The second-order valence-corrected chi connectivity index (χ2v) is 7.31. The fourth-order valence-electron chi connectivity index (χ4n) is 2.72. The molecule has 0 spiro atoms. The fourth-order valence-corrected chi connectivity index (χ4v) is 2.72. The number of carbonyl (C=O) groups is 1. The van der Waals surface area contributed by atoms with E-state index in [-0.39, 0.29) is 11.1 Å². The number of nitrogens with zero attached hydrogens (tertiary/aromatic N) is 1. The number of ether oxygens (including phenoxy) is 3. The molecule has 3 rings (SSSR count). The summed E-state index contributed by atoms with van der Waals surface area (Å²) in [5, 5.41) is 0. The van der Waals surface area contributed by atoms with Crippen LogP contribution in [0.1, 0.15) is 37.5 Å². The molecule has 27 heavy (non-hydrogen) atoms. The molecule has 1 aliphatic rings. The lowest BCUT2D eigenvalue weighted by Gasteiger charge is -2.18. The van der Waals surface area contributed by atoms with Crippen LogP contribution in [-0.4, -0.2) is 26.1 Å². The van der Waals surface area contributed by atoms with E-state index in [0.717, 1.165) is 11.1 Å². The number of esters is 1. The summed E-state index contributed by atoms with van der Waals surface area (Å²) in [4.78, 5) is 16.6. The Balaban J connectivity index is 1.91. The Morgan fingerprint density at radius 3 is 2.07 bits per heavy atom. The first-order valence-electron chi connectivity index (χ1n) is 8.67. The van der Waals surface area contributed by atoms with Gasteiger partial charge in [0.05, 0.1) is 14.2 Å². The molecule has 2 aromatic carbocycles. The highest BCUT2D eigenvalue weighted by atomic mass is 16.6. The Labute approximate surface area is 159 Å². The highest BCUT2D eigenvalue weighted by Gasteiger charge is 2.24. The van der Waals surface area contributed by atoms with Crippen molar-refractivity contribution in [1.29, 1.82) is 0 Å². The van der Waals surface area contributed by atoms with Crippen LogP contribution in [0.5, 0.6) is 11.5 Å². The van der Waals surface area contributed by atoms with Crippen molar-refractivity contribution in [1.82, 2.24) is 0 Å². The Kier molecular flexibility index (Phi) is 5.04. The Morgan fingerprint density at radius 1 is 0.963 bits per heavy atom. The van der Waals surface area contributed by atoms with E-state index < -0.39 is 5.97 Å². The van der Waals surface area contributed by atoms with Gasteiger partial charge >= 0.3 is 5.97 Å². The van der Waals surface area contributed by atoms with Crippen molar-refractivity contribution in [3.63, 3.8) is 0 Å².